The Morgan fingerprint density at radius 1 is 1.17 bits per heavy atom. The van der Waals surface area contributed by atoms with Gasteiger partial charge in [-0.2, -0.15) is 0 Å². The molecule has 0 atom stereocenters. The van der Waals surface area contributed by atoms with Crippen LogP contribution >= 0.6 is 0 Å². The Morgan fingerprint density at radius 3 is 2.00 bits per heavy atom. The maximum absolute atomic E-state index is 12.2. The number of amides is 1. The first-order valence-corrected chi connectivity index (χ1v) is 6.29. The van der Waals surface area contributed by atoms with Gasteiger partial charge in [0.15, 0.2) is 0 Å². The van der Waals surface area contributed by atoms with Crippen molar-refractivity contribution in [2.45, 2.75) is 41.5 Å². The van der Waals surface area contributed by atoms with Gasteiger partial charge in [-0.25, -0.2) is 0 Å². The van der Waals surface area contributed by atoms with Crippen molar-refractivity contribution in [3.63, 3.8) is 0 Å². The van der Waals surface area contributed by atoms with Crippen LogP contribution in [0.25, 0.3) is 0 Å². The molecule has 0 spiro atoms. The lowest BCUT2D eigenvalue weighted by Gasteiger charge is -2.24. The van der Waals surface area contributed by atoms with Crippen LogP contribution in [0.4, 0.5) is 5.69 Å². The number of hydrogen-bond acceptors (Lipinski definition) is 2. The minimum Gasteiger partial charge on any atom is -0.329 e. The second-order valence-electron chi connectivity index (χ2n) is 5.68. The predicted octanol–water partition coefficient (Wildman–Crippen LogP) is 2.84. The molecule has 0 fully saturated rings. The number of aryl methyl sites for hydroxylation is 2. The van der Waals surface area contributed by atoms with E-state index in [1.807, 2.05) is 27.7 Å². The summed E-state index contributed by atoms with van der Waals surface area (Å²) in [6.07, 6.45) is 0. The van der Waals surface area contributed by atoms with Crippen LogP contribution in [0.3, 0.4) is 0 Å². The van der Waals surface area contributed by atoms with E-state index in [9.17, 15) is 4.79 Å². The topological polar surface area (TPSA) is 55.1 Å². The number of carbonyl (C=O) groups excluding carboxylic acids is 1. The average Bonchev–Trinajstić information content (AvgIpc) is 2.31. The summed E-state index contributed by atoms with van der Waals surface area (Å²) in [5.41, 5.74) is 10.7. The van der Waals surface area contributed by atoms with E-state index in [0.29, 0.717) is 6.54 Å². The summed E-state index contributed by atoms with van der Waals surface area (Å²) in [7, 11) is 0. The van der Waals surface area contributed by atoms with Crippen molar-refractivity contribution >= 4 is 11.6 Å². The molecule has 0 heterocycles. The van der Waals surface area contributed by atoms with E-state index in [-0.39, 0.29) is 5.91 Å². The summed E-state index contributed by atoms with van der Waals surface area (Å²) in [5, 5.41) is 3.03. The Kier molecular flexibility index (Phi) is 4.17. The third-order valence-electron chi connectivity index (χ3n) is 3.73. The molecule has 1 rings (SSSR count). The molecule has 1 aromatic carbocycles. The van der Waals surface area contributed by atoms with Crippen LogP contribution in [0.2, 0.25) is 0 Å². The van der Waals surface area contributed by atoms with Crippen molar-refractivity contribution in [2.75, 3.05) is 11.9 Å². The molecule has 100 valence electrons. The minimum absolute atomic E-state index is 0.0267. The lowest BCUT2D eigenvalue weighted by atomic mass is 9.91. The first kappa shape index (κ1) is 14.7. The van der Waals surface area contributed by atoms with Gasteiger partial charge in [-0.15, -0.1) is 0 Å². The Labute approximate surface area is 110 Å². The molecule has 0 unspecified atom stereocenters. The van der Waals surface area contributed by atoms with Crippen molar-refractivity contribution in [3.05, 3.63) is 28.3 Å². The summed E-state index contributed by atoms with van der Waals surface area (Å²) >= 11 is 0. The normalized spacial score (nSPS) is 11.5. The predicted molar refractivity (Wildman–Crippen MR) is 76.9 cm³/mol. The van der Waals surface area contributed by atoms with Crippen LogP contribution in [0, 0.1) is 33.1 Å². The molecule has 3 heteroatoms. The lowest BCUT2D eigenvalue weighted by molar-refractivity contribution is -0.123. The standard InChI is InChI=1S/C15H24N2O/c1-9-7-10(2)12(4)13(11(9)3)17-14(18)15(5,6)8-16/h7H,8,16H2,1-6H3,(H,17,18). The van der Waals surface area contributed by atoms with Gasteiger partial charge in [-0.05, 0) is 63.8 Å². The van der Waals surface area contributed by atoms with E-state index in [1.54, 1.807) is 0 Å². The molecular formula is C15H24N2O. The maximum atomic E-state index is 12.2. The van der Waals surface area contributed by atoms with Gasteiger partial charge in [0, 0.05) is 12.2 Å². The summed E-state index contributed by atoms with van der Waals surface area (Å²) in [6, 6.07) is 2.15. The Hall–Kier alpha value is -1.35. The third-order valence-corrected chi connectivity index (χ3v) is 3.73. The van der Waals surface area contributed by atoms with Crippen LogP contribution in [0.15, 0.2) is 6.07 Å². The third kappa shape index (κ3) is 2.72. The smallest absolute Gasteiger partial charge is 0.231 e. The maximum Gasteiger partial charge on any atom is 0.231 e. The SMILES string of the molecule is Cc1cc(C)c(C)c(NC(=O)C(C)(C)CN)c1C. The molecule has 0 bridgehead atoms. The van der Waals surface area contributed by atoms with Crippen molar-refractivity contribution in [1.82, 2.24) is 0 Å². The fourth-order valence-electron chi connectivity index (χ4n) is 1.78. The first-order valence-electron chi connectivity index (χ1n) is 6.29. The first-order chi connectivity index (χ1) is 8.20. The lowest BCUT2D eigenvalue weighted by Crippen LogP contribution is -2.37. The summed E-state index contributed by atoms with van der Waals surface area (Å²) in [4.78, 5) is 12.2. The minimum atomic E-state index is -0.545. The van der Waals surface area contributed by atoms with Gasteiger partial charge >= 0.3 is 0 Å². The van der Waals surface area contributed by atoms with Crippen molar-refractivity contribution in [3.8, 4) is 0 Å². The average molecular weight is 248 g/mol. The van der Waals surface area contributed by atoms with Crippen LogP contribution < -0.4 is 11.1 Å². The van der Waals surface area contributed by atoms with Crippen LogP contribution in [-0.2, 0) is 4.79 Å². The highest BCUT2D eigenvalue weighted by molar-refractivity contribution is 5.96. The molecular weight excluding hydrogens is 224 g/mol. The van der Waals surface area contributed by atoms with Gasteiger partial charge in [0.2, 0.25) is 5.91 Å². The van der Waals surface area contributed by atoms with Gasteiger partial charge in [0.1, 0.15) is 0 Å². The van der Waals surface area contributed by atoms with Crippen molar-refractivity contribution < 1.29 is 4.79 Å². The molecule has 0 saturated heterocycles. The number of benzene rings is 1. The van der Waals surface area contributed by atoms with E-state index in [0.717, 1.165) is 16.8 Å². The van der Waals surface area contributed by atoms with E-state index in [2.05, 4.69) is 25.2 Å². The number of nitrogens with two attached hydrogens (primary N) is 1. The van der Waals surface area contributed by atoms with Crippen molar-refractivity contribution in [1.29, 1.82) is 0 Å². The molecule has 0 aromatic heterocycles. The largest absolute Gasteiger partial charge is 0.329 e. The molecule has 1 aromatic rings. The van der Waals surface area contributed by atoms with Crippen LogP contribution in [-0.4, -0.2) is 12.5 Å². The highest BCUT2D eigenvalue weighted by Crippen LogP contribution is 2.28. The van der Waals surface area contributed by atoms with E-state index >= 15 is 0 Å². The Balaban J connectivity index is 3.16. The number of anilines is 1. The van der Waals surface area contributed by atoms with Gasteiger partial charge in [-0.3, -0.25) is 4.79 Å². The zero-order chi connectivity index (χ0) is 14.1. The molecule has 0 saturated carbocycles. The van der Waals surface area contributed by atoms with Gasteiger partial charge < -0.3 is 11.1 Å². The summed E-state index contributed by atoms with van der Waals surface area (Å²) < 4.78 is 0. The number of carbonyl (C=O) groups is 1. The Morgan fingerprint density at radius 2 is 1.61 bits per heavy atom. The van der Waals surface area contributed by atoms with E-state index in [4.69, 9.17) is 5.73 Å². The molecule has 0 radical (unpaired) electrons. The molecule has 0 aliphatic rings. The fourth-order valence-corrected chi connectivity index (χ4v) is 1.78. The number of nitrogens with one attached hydrogen (secondary N) is 1. The highest BCUT2D eigenvalue weighted by Gasteiger charge is 2.26. The monoisotopic (exact) mass is 248 g/mol. The van der Waals surface area contributed by atoms with E-state index < -0.39 is 5.41 Å². The van der Waals surface area contributed by atoms with Crippen molar-refractivity contribution in [2.24, 2.45) is 11.1 Å². The second kappa shape index (κ2) is 5.11. The van der Waals surface area contributed by atoms with Gasteiger partial charge in [-0.1, -0.05) is 6.07 Å². The van der Waals surface area contributed by atoms with Crippen LogP contribution in [0.5, 0.6) is 0 Å². The van der Waals surface area contributed by atoms with Gasteiger partial charge in [0.25, 0.3) is 0 Å². The molecule has 0 aliphatic heterocycles. The summed E-state index contributed by atoms with van der Waals surface area (Å²) in [6.45, 7) is 12.2. The zero-order valence-corrected chi connectivity index (χ0v) is 12.3. The van der Waals surface area contributed by atoms with Gasteiger partial charge in [0.05, 0.1) is 5.41 Å². The molecule has 18 heavy (non-hydrogen) atoms. The van der Waals surface area contributed by atoms with Crippen LogP contribution in [0.1, 0.15) is 36.1 Å². The number of hydrogen-bond donors (Lipinski definition) is 2. The zero-order valence-electron chi connectivity index (χ0n) is 12.3. The summed E-state index contributed by atoms with van der Waals surface area (Å²) in [5.74, 6) is -0.0267. The quantitative estimate of drug-likeness (QED) is 0.864. The molecule has 3 N–H and O–H groups in total. The number of rotatable bonds is 3. The fraction of sp³-hybridized carbons (Fsp3) is 0.533. The molecule has 3 nitrogen and oxygen atoms in total. The van der Waals surface area contributed by atoms with E-state index in [1.165, 1.54) is 11.1 Å². The second-order valence-corrected chi connectivity index (χ2v) is 5.68. The molecule has 0 aliphatic carbocycles. The highest BCUT2D eigenvalue weighted by atomic mass is 16.2. The molecule has 1 amide bonds. The Bertz CT molecular complexity index is 450.